The third-order valence-corrected chi connectivity index (χ3v) is 3.69. The maximum absolute atomic E-state index is 3.60. The fraction of sp³-hybridized carbons (Fsp3) is 0.294. The molecule has 3 rings (SSSR count). The Kier molecular flexibility index (Phi) is 3.41. The first-order valence-electron chi connectivity index (χ1n) is 6.97. The van der Waals surface area contributed by atoms with Gasteiger partial charge in [-0.25, -0.2) is 0 Å². The van der Waals surface area contributed by atoms with E-state index in [9.17, 15) is 0 Å². The Labute approximate surface area is 115 Å². The van der Waals surface area contributed by atoms with Gasteiger partial charge >= 0.3 is 0 Å². The van der Waals surface area contributed by atoms with Crippen LogP contribution >= 0.6 is 0 Å². The third-order valence-electron chi connectivity index (χ3n) is 3.69. The Morgan fingerprint density at radius 3 is 2.63 bits per heavy atom. The van der Waals surface area contributed by atoms with E-state index in [1.807, 2.05) is 0 Å². The minimum Gasteiger partial charge on any atom is -0.381 e. The Morgan fingerprint density at radius 1 is 1.05 bits per heavy atom. The van der Waals surface area contributed by atoms with Crippen LogP contribution in [0.1, 0.15) is 18.9 Å². The van der Waals surface area contributed by atoms with E-state index in [0.29, 0.717) is 6.04 Å². The Morgan fingerprint density at radius 2 is 1.79 bits per heavy atom. The van der Waals surface area contributed by atoms with Crippen LogP contribution in [0.2, 0.25) is 0 Å². The van der Waals surface area contributed by atoms with Crippen LogP contribution in [0, 0.1) is 0 Å². The molecule has 2 aromatic carbocycles. The third kappa shape index (κ3) is 2.73. The lowest BCUT2D eigenvalue weighted by Crippen LogP contribution is -2.24. The minimum atomic E-state index is 0.530. The van der Waals surface area contributed by atoms with E-state index in [2.05, 4.69) is 71.7 Å². The fourth-order valence-electron chi connectivity index (χ4n) is 2.65. The lowest BCUT2D eigenvalue weighted by atomic mass is 10.2. The van der Waals surface area contributed by atoms with Gasteiger partial charge in [0.1, 0.15) is 0 Å². The van der Waals surface area contributed by atoms with E-state index in [1.165, 1.54) is 23.4 Å². The van der Waals surface area contributed by atoms with Crippen molar-refractivity contribution in [2.75, 3.05) is 16.8 Å². The lowest BCUT2D eigenvalue weighted by Gasteiger charge is -2.24. The molecule has 0 saturated heterocycles. The van der Waals surface area contributed by atoms with Gasteiger partial charge in [-0.15, -0.1) is 0 Å². The molecule has 2 heteroatoms. The van der Waals surface area contributed by atoms with Crippen molar-refractivity contribution < 1.29 is 0 Å². The summed E-state index contributed by atoms with van der Waals surface area (Å²) in [5.74, 6) is 0. The number of hydrogen-bond donors (Lipinski definition) is 1. The predicted octanol–water partition coefficient (Wildman–Crippen LogP) is 3.90. The van der Waals surface area contributed by atoms with Gasteiger partial charge in [0.25, 0.3) is 0 Å². The highest BCUT2D eigenvalue weighted by molar-refractivity contribution is 5.71. The van der Waals surface area contributed by atoms with Gasteiger partial charge in [0, 0.05) is 19.1 Å². The molecule has 2 aromatic rings. The standard InChI is InChI=1S/C17H20N2/c1-14-11-12-19(13-15-7-3-2-4-8-15)17-10-6-5-9-16(17)18-14/h2-10,14,18H,11-13H2,1H3/t14-/m1/s1. The van der Waals surface area contributed by atoms with Gasteiger partial charge in [0.15, 0.2) is 0 Å². The van der Waals surface area contributed by atoms with Gasteiger partial charge in [0.05, 0.1) is 11.4 Å². The van der Waals surface area contributed by atoms with Crippen molar-refractivity contribution in [2.45, 2.75) is 25.9 Å². The minimum absolute atomic E-state index is 0.530. The monoisotopic (exact) mass is 252 g/mol. The number of hydrogen-bond acceptors (Lipinski definition) is 2. The fourth-order valence-corrected chi connectivity index (χ4v) is 2.65. The van der Waals surface area contributed by atoms with Crippen molar-refractivity contribution >= 4 is 11.4 Å². The molecule has 0 unspecified atom stereocenters. The molecule has 1 heterocycles. The Hall–Kier alpha value is -1.96. The molecule has 98 valence electrons. The zero-order valence-corrected chi connectivity index (χ0v) is 11.3. The van der Waals surface area contributed by atoms with Crippen molar-refractivity contribution in [3.8, 4) is 0 Å². The first-order chi connectivity index (χ1) is 9.33. The highest BCUT2D eigenvalue weighted by Gasteiger charge is 2.17. The Bertz CT molecular complexity index is 536. The molecule has 2 nitrogen and oxygen atoms in total. The highest BCUT2D eigenvalue weighted by Crippen LogP contribution is 2.30. The summed E-state index contributed by atoms with van der Waals surface area (Å²) in [5, 5.41) is 3.60. The molecule has 1 aliphatic heterocycles. The normalized spacial score (nSPS) is 18.4. The second-order valence-corrected chi connectivity index (χ2v) is 5.26. The quantitative estimate of drug-likeness (QED) is 0.872. The van der Waals surface area contributed by atoms with Crippen LogP contribution < -0.4 is 10.2 Å². The zero-order valence-electron chi connectivity index (χ0n) is 11.3. The average Bonchev–Trinajstić information content (AvgIpc) is 2.60. The molecule has 0 amide bonds. The maximum Gasteiger partial charge on any atom is 0.0605 e. The molecule has 0 radical (unpaired) electrons. The van der Waals surface area contributed by atoms with Crippen LogP contribution in [-0.2, 0) is 6.54 Å². The summed E-state index contributed by atoms with van der Waals surface area (Å²) in [5.41, 5.74) is 3.94. The number of nitrogens with one attached hydrogen (secondary N) is 1. The molecule has 0 saturated carbocycles. The van der Waals surface area contributed by atoms with Crippen molar-refractivity contribution in [3.05, 3.63) is 60.2 Å². The average molecular weight is 252 g/mol. The van der Waals surface area contributed by atoms with Crippen molar-refractivity contribution in [2.24, 2.45) is 0 Å². The molecule has 0 bridgehead atoms. The van der Waals surface area contributed by atoms with E-state index < -0.39 is 0 Å². The van der Waals surface area contributed by atoms with Crippen molar-refractivity contribution in [3.63, 3.8) is 0 Å². The smallest absolute Gasteiger partial charge is 0.0605 e. The number of benzene rings is 2. The molecule has 0 aromatic heterocycles. The molecule has 1 aliphatic rings. The summed E-state index contributed by atoms with van der Waals surface area (Å²) in [6.45, 7) is 4.33. The van der Waals surface area contributed by atoms with Crippen LogP contribution in [0.3, 0.4) is 0 Å². The van der Waals surface area contributed by atoms with Crippen LogP contribution in [0.15, 0.2) is 54.6 Å². The van der Waals surface area contributed by atoms with Crippen LogP contribution in [0.5, 0.6) is 0 Å². The largest absolute Gasteiger partial charge is 0.381 e. The van der Waals surface area contributed by atoms with E-state index in [0.717, 1.165) is 13.1 Å². The van der Waals surface area contributed by atoms with E-state index >= 15 is 0 Å². The predicted molar refractivity (Wildman–Crippen MR) is 81.6 cm³/mol. The van der Waals surface area contributed by atoms with Crippen LogP contribution in [0.25, 0.3) is 0 Å². The van der Waals surface area contributed by atoms with E-state index in [1.54, 1.807) is 0 Å². The molecular formula is C17H20N2. The number of nitrogens with zero attached hydrogens (tertiary/aromatic N) is 1. The Balaban J connectivity index is 1.89. The molecule has 0 aliphatic carbocycles. The topological polar surface area (TPSA) is 15.3 Å². The second-order valence-electron chi connectivity index (χ2n) is 5.26. The number of rotatable bonds is 2. The first-order valence-corrected chi connectivity index (χ1v) is 6.97. The van der Waals surface area contributed by atoms with Crippen LogP contribution in [-0.4, -0.2) is 12.6 Å². The van der Waals surface area contributed by atoms with E-state index in [-0.39, 0.29) is 0 Å². The summed E-state index contributed by atoms with van der Waals surface area (Å²) >= 11 is 0. The number of fused-ring (bicyclic) bond motifs is 1. The van der Waals surface area contributed by atoms with Gasteiger partial charge in [-0.1, -0.05) is 42.5 Å². The molecule has 0 fully saturated rings. The van der Waals surface area contributed by atoms with Crippen LogP contribution in [0.4, 0.5) is 11.4 Å². The second kappa shape index (κ2) is 5.35. The zero-order chi connectivity index (χ0) is 13.1. The summed E-state index contributed by atoms with van der Waals surface area (Å²) in [6.07, 6.45) is 1.17. The van der Waals surface area contributed by atoms with Gasteiger partial charge < -0.3 is 10.2 Å². The van der Waals surface area contributed by atoms with Crippen molar-refractivity contribution in [1.82, 2.24) is 0 Å². The maximum atomic E-state index is 3.60. The van der Waals surface area contributed by atoms with Gasteiger partial charge in [-0.05, 0) is 31.0 Å². The van der Waals surface area contributed by atoms with Gasteiger partial charge in [-0.2, -0.15) is 0 Å². The molecule has 19 heavy (non-hydrogen) atoms. The van der Waals surface area contributed by atoms with Crippen molar-refractivity contribution in [1.29, 1.82) is 0 Å². The highest BCUT2D eigenvalue weighted by atomic mass is 15.2. The van der Waals surface area contributed by atoms with Gasteiger partial charge in [0.2, 0.25) is 0 Å². The summed E-state index contributed by atoms with van der Waals surface area (Å²) < 4.78 is 0. The molecule has 0 spiro atoms. The number of anilines is 2. The molecule has 1 atom stereocenters. The summed E-state index contributed by atoms with van der Waals surface area (Å²) in [4.78, 5) is 2.47. The summed E-state index contributed by atoms with van der Waals surface area (Å²) in [6, 6.07) is 19.8. The van der Waals surface area contributed by atoms with E-state index in [4.69, 9.17) is 0 Å². The molecular weight excluding hydrogens is 232 g/mol. The number of para-hydroxylation sites is 2. The lowest BCUT2D eigenvalue weighted by molar-refractivity contribution is 0.682. The SMILES string of the molecule is C[C@@H]1CCN(Cc2ccccc2)c2ccccc2N1. The summed E-state index contributed by atoms with van der Waals surface area (Å²) in [7, 11) is 0. The molecule has 1 N–H and O–H groups in total. The van der Waals surface area contributed by atoms with Gasteiger partial charge in [-0.3, -0.25) is 0 Å². The first kappa shape index (κ1) is 12.1.